The van der Waals surface area contributed by atoms with Crippen LogP contribution in [0.15, 0.2) is 30.3 Å². The van der Waals surface area contributed by atoms with E-state index in [-0.39, 0.29) is 5.84 Å². The van der Waals surface area contributed by atoms with Crippen molar-refractivity contribution in [1.82, 2.24) is 5.43 Å². The molecule has 0 heterocycles. The Kier molecular flexibility index (Phi) is 2.02. The molecule has 3 nitrogen and oxygen atoms in total. The van der Waals surface area contributed by atoms with Gasteiger partial charge in [-0.3, -0.25) is 5.41 Å². The molecule has 3 heteroatoms. The van der Waals surface area contributed by atoms with Crippen molar-refractivity contribution in [2.45, 2.75) is 0 Å². The lowest BCUT2D eigenvalue weighted by Crippen LogP contribution is -2.29. The molecular weight excluding hydrogens is 126 g/mol. The minimum atomic E-state index is 0.237. The van der Waals surface area contributed by atoms with Gasteiger partial charge in [-0.15, -0.1) is 0 Å². The Morgan fingerprint density at radius 2 is 1.90 bits per heavy atom. The highest BCUT2D eigenvalue weighted by Crippen LogP contribution is 1.95. The summed E-state index contributed by atoms with van der Waals surface area (Å²) in [4.78, 5) is 0. The molecular formula is C7H9N3. The maximum Gasteiger partial charge on any atom is 0.139 e. The zero-order valence-electron chi connectivity index (χ0n) is 5.46. The van der Waals surface area contributed by atoms with Crippen molar-refractivity contribution in [3.05, 3.63) is 35.9 Å². The van der Waals surface area contributed by atoms with Gasteiger partial charge >= 0.3 is 0 Å². The number of benzene rings is 1. The fourth-order valence-corrected chi connectivity index (χ4v) is 0.688. The third-order valence-electron chi connectivity index (χ3n) is 1.21. The minimum absolute atomic E-state index is 0.237. The topological polar surface area (TPSA) is 61.9 Å². The molecule has 0 amide bonds. The van der Waals surface area contributed by atoms with Gasteiger partial charge in [0.2, 0.25) is 0 Å². The van der Waals surface area contributed by atoms with Gasteiger partial charge in [-0.2, -0.15) is 0 Å². The monoisotopic (exact) mass is 135 g/mol. The fraction of sp³-hybridized carbons (Fsp3) is 0. The molecule has 0 bridgehead atoms. The Morgan fingerprint density at radius 1 is 1.30 bits per heavy atom. The van der Waals surface area contributed by atoms with E-state index in [0.29, 0.717) is 0 Å². The first kappa shape index (κ1) is 6.77. The SMILES string of the molecule is N=C(NN)c1ccccc1. The van der Waals surface area contributed by atoms with Crippen molar-refractivity contribution in [2.75, 3.05) is 0 Å². The molecule has 0 saturated heterocycles. The second-order valence-electron chi connectivity index (χ2n) is 1.89. The third-order valence-corrected chi connectivity index (χ3v) is 1.21. The number of rotatable bonds is 1. The van der Waals surface area contributed by atoms with Gasteiger partial charge in [-0.25, -0.2) is 5.84 Å². The summed E-state index contributed by atoms with van der Waals surface area (Å²) in [5.74, 6) is 5.27. The lowest BCUT2D eigenvalue weighted by atomic mass is 10.2. The van der Waals surface area contributed by atoms with Gasteiger partial charge in [-0.05, 0) is 0 Å². The molecule has 0 fully saturated rings. The van der Waals surface area contributed by atoms with Crippen molar-refractivity contribution in [1.29, 1.82) is 5.41 Å². The van der Waals surface area contributed by atoms with Crippen LogP contribution in [0.2, 0.25) is 0 Å². The number of nitrogens with two attached hydrogens (primary N) is 1. The van der Waals surface area contributed by atoms with E-state index in [4.69, 9.17) is 11.3 Å². The Morgan fingerprint density at radius 3 is 2.40 bits per heavy atom. The van der Waals surface area contributed by atoms with Crippen LogP contribution in [-0.4, -0.2) is 5.84 Å². The highest BCUT2D eigenvalue weighted by molar-refractivity contribution is 5.95. The number of hydrazine groups is 1. The Labute approximate surface area is 59.3 Å². The van der Waals surface area contributed by atoms with E-state index < -0.39 is 0 Å². The summed E-state index contributed by atoms with van der Waals surface area (Å²) in [6.45, 7) is 0. The molecule has 0 aliphatic rings. The van der Waals surface area contributed by atoms with Crippen LogP contribution in [-0.2, 0) is 0 Å². The van der Waals surface area contributed by atoms with E-state index in [1.165, 1.54) is 0 Å². The zero-order valence-corrected chi connectivity index (χ0v) is 5.46. The maximum atomic E-state index is 7.24. The van der Waals surface area contributed by atoms with Crippen molar-refractivity contribution < 1.29 is 0 Å². The zero-order chi connectivity index (χ0) is 7.40. The first-order chi connectivity index (χ1) is 4.84. The van der Waals surface area contributed by atoms with E-state index in [9.17, 15) is 0 Å². The van der Waals surface area contributed by atoms with Crippen LogP contribution in [0.4, 0.5) is 0 Å². The molecule has 0 spiro atoms. The molecule has 0 radical (unpaired) electrons. The molecule has 0 unspecified atom stereocenters. The Hall–Kier alpha value is -1.35. The molecule has 1 rings (SSSR count). The van der Waals surface area contributed by atoms with Crippen molar-refractivity contribution >= 4 is 5.84 Å². The second kappa shape index (κ2) is 2.98. The minimum Gasteiger partial charge on any atom is -0.308 e. The standard InChI is InChI=1S/C7H9N3/c8-7(10-9)6-4-2-1-3-5-6/h1-5H,9H2,(H2,8,10). The van der Waals surface area contributed by atoms with E-state index in [0.717, 1.165) is 5.56 Å². The number of nitrogens with one attached hydrogen (secondary N) is 2. The highest BCUT2D eigenvalue weighted by atomic mass is 15.2. The van der Waals surface area contributed by atoms with Gasteiger partial charge in [0.15, 0.2) is 0 Å². The second-order valence-corrected chi connectivity index (χ2v) is 1.89. The van der Waals surface area contributed by atoms with Gasteiger partial charge < -0.3 is 5.43 Å². The molecule has 1 aromatic carbocycles. The normalized spacial score (nSPS) is 8.90. The smallest absolute Gasteiger partial charge is 0.139 e. The molecule has 0 aliphatic heterocycles. The van der Waals surface area contributed by atoms with Gasteiger partial charge in [-0.1, -0.05) is 30.3 Å². The summed E-state index contributed by atoms with van der Waals surface area (Å²) in [5, 5.41) is 7.24. The molecule has 0 saturated carbocycles. The van der Waals surface area contributed by atoms with Crippen LogP contribution in [0.1, 0.15) is 5.56 Å². The van der Waals surface area contributed by atoms with Crippen LogP contribution >= 0.6 is 0 Å². The number of hydrogen-bond acceptors (Lipinski definition) is 2. The average molecular weight is 135 g/mol. The van der Waals surface area contributed by atoms with Gasteiger partial charge in [0.05, 0.1) is 0 Å². The molecule has 1 aromatic rings. The van der Waals surface area contributed by atoms with E-state index in [1.54, 1.807) is 0 Å². The van der Waals surface area contributed by atoms with E-state index in [2.05, 4.69) is 5.43 Å². The lowest BCUT2D eigenvalue weighted by Gasteiger charge is -1.99. The average Bonchev–Trinajstić information content (AvgIpc) is 2.05. The van der Waals surface area contributed by atoms with Gasteiger partial charge in [0.25, 0.3) is 0 Å². The van der Waals surface area contributed by atoms with E-state index >= 15 is 0 Å². The highest BCUT2D eigenvalue weighted by Gasteiger charge is 1.93. The summed E-state index contributed by atoms with van der Waals surface area (Å²) in [6, 6.07) is 9.26. The third kappa shape index (κ3) is 1.33. The van der Waals surface area contributed by atoms with Crippen LogP contribution in [0.3, 0.4) is 0 Å². The Bertz CT molecular complexity index is 218. The van der Waals surface area contributed by atoms with Crippen molar-refractivity contribution in [3.8, 4) is 0 Å². The fourth-order valence-electron chi connectivity index (χ4n) is 0.688. The summed E-state index contributed by atoms with van der Waals surface area (Å²) in [5.41, 5.74) is 3.06. The predicted molar refractivity (Wildman–Crippen MR) is 40.6 cm³/mol. The molecule has 0 aliphatic carbocycles. The molecule has 10 heavy (non-hydrogen) atoms. The maximum absolute atomic E-state index is 7.24. The molecule has 52 valence electrons. The first-order valence-corrected chi connectivity index (χ1v) is 2.95. The van der Waals surface area contributed by atoms with Crippen LogP contribution in [0.25, 0.3) is 0 Å². The summed E-state index contributed by atoms with van der Waals surface area (Å²) >= 11 is 0. The summed E-state index contributed by atoms with van der Waals surface area (Å²) < 4.78 is 0. The number of amidine groups is 1. The van der Waals surface area contributed by atoms with Crippen LogP contribution in [0.5, 0.6) is 0 Å². The number of hydrogen-bond donors (Lipinski definition) is 3. The lowest BCUT2D eigenvalue weighted by molar-refractivity contribution is 1.01. The quantitative estimate of drug-likeness (QED) is 0.227. The largest absolute Gasteiger partial charge is 0.308 e. The summed E-state index contributed by atoms with van der Waals surface area (Å²) in [7, 11) is 0. The first-order valence-electron chi connectivity index (χ1n) is 2.95. The molecule has 0 aromatic heterocycles. The molecule has 4 N–H and O–H groups in total. The predicted octanol–water partition coefficient (Wildman–Crippen LogP) is 0.475. The summed E-state index contributed by atoms with van der Waals surface area (Å²) in [6.07, 6.45) is 0. The molecule has 0 atom stereocenters. The van der Waals surface area contributed by atoms with Crippen molar-refractivity contribution in [2.24, 2.45) is 5.84 Å². The van der Waals surface area contributed by atoms with Crippen molar-refractivity contribution in [3.63, 3.8) is 0 Å². The van der Waals surface area contributed by atoms with Crippen LogP contribution in [0, 0.1) is 5.41 Å². The van der Waals surface area contributed by atoms with Gasteiger partial charge in [0, 0.05) is 5.56 Å². The van der Waals surface area contributed by atoms with E-state index in [1.807, 2.05) is 30.3 Å². The van der Waals surface area contributed by atoms with Gasteiger partial charge in [0.1, 0.15) is 5.84 Å². The Balaban J connectivity index is 2.85. The van der Waals surface area contributed by atoms with Crippen LogP contribution < -0.4 is 11.3 Å².